The molecule has 1 aliphatic carbocycles. The van der Waals surface area contributed by atoms with Crippen molar-refractivity contribution in [2.75, 3.05) is 0 Å². The van der Waals surface area contributed by atoms with Crippen molar-refractivity contribution in [1.29, 1.82) is 0 Å². The first-order valence-corrected chi connectivity index (χ1v) is 8.51. The van der Waals surface area contributed by atoms with Gasteiger partial charge in [-0.3, -0.25) is 9.59 Å². The Hall–Kier alpha value is -1.84. The third-order valence-corrected chi connectivity index (χ3v) is 6.06. The van der Waals surface area contributed by atoms with Crippen LogP contribution >= 0.6 is 0 Å². The molecule has 4 rings (SSSR count). The zero-order chi connectivity index (χ0) is 18.6. The fourth-order valence-corrected chi connectivity index (χ4v) is 4.81. The number of carbonyl (C=O) groups is 2. The van der Waals surface area contributed by atoms with Gasteiger partial charge in [0.1, 0.15) is 0 Å². The Balaban J connectivity index is 1.84. The third kappa shape index (κ3) is 2.41. The molecule has 2 aliphatic heterocycles. The molecule has 2 saturated heterocycles. The highest BCUT2D eigenvalue weighted by Crippen LogP contribution is 2.55. The van der Waals surface area contributed by atoms with Gasteiger partial charge in [-0.1, -0.05) is 30.7 Å². The number of cyclic esters (lactones) is 2. The minimum atomic E-state index is -1.03. The largest absolute Gasteiger partial charge is 0.392 e. The zero-order valence-corrected chi connectivity index (χ0v) is 14.4. The van der Waals surface area contributed by atoms with Gasteiger partial charge in [0.2, 0.25) is 0 Å². The van der Waals surface area contributed by atoms with Crippen LogP contribution in [-0.2, 0) is 34.3 Å². The van der Waals surface area contributed by atoms with Gasteiger partial charge >= 0.3 is 11.9 Å². The van der Waals surface area contributed by atoms with E-state index in [4.69, 9.17) is 14.7 Å². The molecule has 1 aromatic rings. The molecule has 6 unspecified atom stereocenters. The van der Waals surface area contributed by atoms with E-state index in [0.29, 0.717) is 6.42 Å². The second-order valence-electron chi connectivity index (χ2n) is 7.52. The molecule has 0 spiro atoms. The number of benzene rings is 1. The molecule has 3 aliphatic rings. The molecule has 0 amide bonds. The Labute approximate surface area is 149 Å². The SMILES string of the molecule is Cc1ccc2c(c1)C1C(=O)OC(=O)C1CC2(C)C1CC(OO)OC1OO. The number of rotatable bonds is 3. The van der Waals surface area contributed by atoms with Crippen LogP contribution in [-0.4, -0.2) is 35.0 Å². The van der Waals surface area contributed by atoms with Crippen LogP contribution < -0.4 is 0 Å². The number of ether oxygens (including phenoxy) is 2. The lowest BCUT2D eigenvalue weighted by Crippen LogP contribution is -2.45. The minimum Gasteiger partial charge on any atom is -0.392 e. The zero-order valence-electron chi connectivity index (χ0n) is 14.4. The summed E-state index contributed by atoms with van der Waals surface area (Å²) in [5.41, 5.74) is 1.94. The Bertz CT molecular complexity index is 762. The van der Waals surface area contributed by atoms with Crippen molar-refractivity contribution in [1.82, 2.24) is 0 Å². The average Bonchev–Trinajstić information content (AvgIpc) is 3.16. The predicted octanol–water partition coefficient (Wildman–Crippen LogP) is 2.11. The van der Waals surface area contributed by atoms with Gasteiger partial charge in [-0.05, 0) is 24.5 Å². The lowest BCUT2D eigenvalue weighted by atomic mass is 9.58. The van der Waals surface area contributed by atoms with Crippen molar-refractivity contribution < 1.29 is 39.4 Å². The summed E-state index contributed by atoms with van der Waals surface area (Å²) in [6.07, 6.45) is -1.38. The van der Waals surface area contributed by atoms with Crippen LogP contribution in [0.2, 0.25) is 0 Å². The van der Waals surface area contributed by atoms with Crippen LogP contribution in [0.3, 0.4) is 0 Å². The summed E-state index contributed by atoms with van der Waals surface area (Å²) in [6, 6.07) is 5.76. The maximum atomic E-state index is 12.3. The smallest absolute Gasteiger partial charge is 0.321 e. The monoisotopic (exact) mass is 364 g/mol. The normalized spacial score (nSPS) is 38.8. The molecule has 1 aromatic carbocycles. The summed E-state index contributed by atoms with van der Waals surface area (Å²) < 4.78 is 10.3. The standard InChI is InChI=1S/C18H20O8/c1-8-3-4-11-9(5-8)14-10(15(19)24-16(14)20)7-18(11,2)12-6-13(25-21)23-17(12)26-22/h3-5,10,12-14,17,21-22H,6-7H2,1-2H3. The molecule has 6 atom stereocenters. The minimum absolute atomic E-state index is 0.256. The summed E-state index contributed by atoms with van der Waals surface area (Å²) in [4.78, 5) is 33.3. The van der Waals surface area contributed by atoms with E-state index in [1.54, 1.807) is 0 Å². The van der Waals surface area contributed by atoms with Gasteiger partial charge in [0, 0.05) is 17.8 Å². The number of carbonyl (C=O) groups excluding carboxylic acids is 2. The molecule has 0 saturated carbocycles. The van der Waals surface area contributed by atoms with Gasteiger partial charge in [-0.25, -0.2) is 20.3 Å². The Morgan fingerprint density at radius 3 is 2.65 bits per heavy atom. The molecule has 8 nitrogen and oxygen atoms in total. The van der Waals surface area contributed by atoms with Gasteiger partial charge in [0.05, 0.1) is 11.8 Å². The highest BCUT2D eigenvalue weighted by Gasteiger charge is 2.58. The maximum absolute atomic E-state index is 12.3. The summed E-state index contributed by atoms with van der Waals surface area (Å²) in [5.74, 6) is -2.69. The Morgan fingerprint density at radius 2 is 1.96 bits per heavy atom. The molecular weight excluding hydrogens is 344 g/mol. The van der Waals surface area contributed by atoms with E-state index >= 15 is 0 Å². The topological polar surface area (TPSA) is 112 Å². The number of aryl methyl sites for hydroxylation is 1. The molecule has 2 fully saturated rings. The van der Waals surface area contributed by atoms with E-state index in [1.807, 2.05) is 32.0 Å². The second kappa shape index (κ2) is 6.11. The summed E-state index contributed by atoms with van der Waals surface area (Å²) >= 11 is 0. The molecule has 26 heavy (non-hydrogen) atoms. The quantitative estimate of drug-likeness (QED) is 0.363. The molecule has 0 bridgehead atoms. The first kappa shape index (κ1) is 17.6. The maximum Gasteiger partial charge on any atom is 0.321 e. The van der Waals surface area contributed by atoms with E-state index in [1.165, 1.54) is 0 Å². The van der Waals surface area contributed by atoms with Crippen molar-refractivity contribution in [3.8, 4) is 0 Å². The number of fused-ring (bicyclic) bond motifs is 3. The van der Waals surface area contributed by atoms with Gasteiger partial charge in [0.15, 0.2) is 12.6 Å². The molecule has 2 heterocycles. The van der Waals surface area contributed by atoms with Crippen LogP contribution in [0, 0.1) is 18.8 Å². The van der Waals surface area contributed by atoms with E-state index in [2.05, 4.69) is 9.78 Å². The number of hydrogen-bond acceptors (Lipinski definition) is 8. The fourth-order valence-electron chi connectivity index (χ4n) is 4.81. The summed E-state index contributed by atoms with van der Waals surface area (Å²) in [5, 5.41) is 18.2. The van der Waals surface area contributed by atoms with Gasteiger partial charge in [0.25, 0.3) is 0 Å². The van der Waals surface area contributed by atoms with Crippen LogP contribution in [0.4, 0.5) is 0 Å². The van der Waals surface area contributed by atoms with Gasteiger partial charge in [-0.15, -0.1) is 0 Å². The first-order valence-electron chi connectivity index (χ1n) is 8.51. The Kier molecular flexibility index (Phi) is 4.13. The van der Waals surface area contributed by atoms with Crippen molar-refractivity contribution >= 4 is 11.9 Å². The van der Waals surface area contributed by atoms with E-state index < -0.39 is 47.7 Å². The number of hydrogen-bond donors (Lipinski definition) is 2. The van der Waals surface area contributed by atoms with E-state index in [0.717, 1.165) is 16.7 Å². The third-order valence-electron chi connectivity index (χ3n) is 6.06. The van der Waals surface area contributed by atoms with Crippen LogP contribution in [0.25, 0.3) is 0 Å². The summed E-state index contributed by atoms with van der Waals surface area (Å²) in [7, 11) is 0. The van der Waals surface area contributed by atoms with Crippen molar-refractivity contribution in [3.63, 3.8) is 0 Å². The van der Waals surface area contributed by atoms with Crippen LogP contribution in [0.15, 0.2) is 18.2 Å². The van der Waals surface area contributed by atoms with E-state index in [9.17, 15) is 14.8 Å². The van der Waals surface area contributed by atoms with Gasteiger partial charge < -0.3 is 9.47 Å². The first-order chi connectivity index (χ1) is 12.4. The predicted molar refractivity (Wildman–Crippen MR) is 84.7 cm³/mol. The molecule has 0 radical (unpaired) electrons. The number of esters is 2. The molecule has 8 heteroatoms. The highest BCUT2D eigenvalue weighted by atomic mass is 17.2. The average molecular weight is 364 g/mol. The molecular formula is C18H20O8. The fraction of sp³-hybridized carbons (Fsp3) is 0.556. The molecule has 2 N–H and O–H groups in total. The Morgan fingerprint density at radius 1 is 1.19 bits per heavy atom. The second-order valence-corrected chi connectivity index (χ2v) is 7.52. The van der Waals surface area contributed by atoms with Crippen molar-refractivity contribution in [2.24, 2.45) is 11.8 Å². The van der Waals surface area contributed by atoms with Crippen LogP contribution in [0.1, 0.15) is 42.4 Å². The molecule has 0 aromatic heterocycles. The van der Waals surface area contributed by atoms with Crippen molar-refractivity contribution in [2.45, 2.75) is 50.6 Å². The molecule has 140 valence electrons. The van der Waals surface area contributed by atoms with Crippen LogP contribution in [0.5, 0.6) is 0 Å². The lowest BCUT2D eigenvalue weighted by Gasteiger charge is -2.44. The highest BCUT2D eigenvalue weighted by molar-refractivity contribution is 6.00. The van der Waals surface area contributed by atoms with Crippen molar-refractivity contribution in [3.05, 3.63) is 34.9 Å². The van der Waals surface area contributed by atoms with Gasteiger partial charge in [-0.2, -0.15) is 0 Å². The van der Waals surface area contributed by atoms with E-state index in [-0.39, 0.29) is 6.42 Å². The summed E-state index contributed by atoms with van der Waals surface area (Å²) in [6.45, 7) is 3.85. The lowest BCUT2D eigenvalue weighted by molar-refractivity contribution is -0.399.